The summed E-state index contributed by atoms with van der Waals surface area (Å²) in [6.45, 7) is 0.747. The average molecular weight is 408 g/mol. The predicted molar refractivity (Wildman–Crippen MR) is 118 cm³/mol. The van der Waals surface area contributed by atoms with Crippen molar-refractivity contribution in [1.29, 1.82) is 0 Å². The van der Waals surface area contributed by atoms with Crippen molar-refractivity contribution in [3.63, 3.8) is 0 Å². The summed E-state index contributed by atoms with van der Waals surface area (Å²) >= 11 is 0. The van der Waals surface area contributed by atoms with E-state index in [4.69, 9.17) is 15.9 Å². The number of carbonyl (C=O) groups is 2. The van der Waals surface area contributed by atoms with E-state index in [0.29, 0.717) is 31.7 Å². The summed E-state index contributed by atoms with van der Waals surface area (Å²) in [6, 6.07) is 0. The molecule has 0 radical (unpaired) electrons. The van der Waals surface area contributed by atoms with Gasteiger partial charge in [-0.2, -0.15) is 0 Å². The third kappa shape index (κ3) is 11.3. The standard InChI is InChI=1S/C24H41NO4/c25-16-15-20-13-14-22(18-20)23(19-27)11-8-6-4-2-1-3-5-7-10-21(24(28)29)12-9-17-26/h5,7,18-19,21-23,26H,1-4,6,8-17,25H2,(H,28,29). The molecule has 0 bridgehead atoms. The van der Waals surface area contributed by atoms with Crippen LogP contribution in [0.1, 0.15) is 83.5 Å². The van der Waals surface area contributed by atoms with Crippen LogP contribution in [0.25, 0.3) is 0 Å². The van der Waals surface area contributed by atoms with Gasteiger partial charge in [0.25, 0.3) is 0 Å². The van der Waals surface area contributed by atoms with Gasteiger partial charge in [-0.3, -0.25) is 4.79 Å². The van der Waals surface area contributed by atoms with Crippen LogP contribution in [0, 0.1) is 17.8 Å². The van der Waals surface area contributed by atoms with Crippen molar-refractivity contribution in [2.45, 2.75) is 83.5 Å². The Labute approximate surface area is 176 Å². The number of carboxylic acids is 1. The Balaban J connectivity index is 2.07. The van der Waals surface area contributed by atoms with E-state index in [1.54, 1.807) is 0 Å². The number of allylic oxidation sites excluding steroid dienone is 3. The highest BCUT2D eigenvalue weighted by atomic mass is 16.4. The van der Waals surface area contributed by atoms with E-state index in [1.165, 1.54) is 24.8 Å². The summed E-state index contributed by atoms with van der Waals surface area (Å²) in [7, 11) is 0. The van der Waals surface area contributed by atoms with Crippen LogP contribution in [0.5, 0.6) is 0 Å². The fourth-order valence-electron chi connectivity index (χ4n) is 4.17. The molecule has 1 rings (SSSR count). The molecular formula is C24H41NO4. The molecule has 3 atom stereocenters. The molecule has 0 fully saturated rings. The zero-order chi connectivity index (χ0) is 21.3. The SMILES string of the molecule is NCCC1=CC(C(C=O)CCCCCCCC=CCC(CCCO)C(=O)O)CC1. The maximum absolute atomic E-state index is 11.5. The predicted octanol–water partition coefficient (Wildman–Crippen LogP) is 4.64. The first-order valence-electron chi connectivity index (χ1n) is 11.5. The van der Waals surface area contributed by atoms with Crippen molar-refractivity contribution < 1.29 is 19.8 Å². The van der Waals surface area contributed by atoms with Crippen molar-refractivity contribution in [3.8, 4) is 0 Å². The minimum absolute atomic E-state index is 0.0494. The third-order valence-electron chi connectivity index (χ3n) is 5.99. The Morgan fingerprint density at radius 3 is 2.59 bits per heavy atom. The Kier molecular flexibility index (Phi) is 14.4. The Bertz CT molecular complexity index is 515. The zero-order valence-electron chi connectivity index (χ0n) is 17.9. The summed E-state index contributed by atoms with van der Waals surface area (Å²) in [5.74, 6) is -0.571. The van der Waals surface area contributed by atoms with Gasteiger partial charge in [0.1, 0.15) is 6.29 Å². The number of hydrogen-bond donors (Lipinski definition) is 3. The summed E-state index contributed by atoms with van der Waals surface area (Å²) in [5.41, 5.74) is 7.05. The van der Waals surface area contributed by atoms with E-state index < -0.39 is 5.97 Å². The molecule has 5 heteroatoms. The smallest absolute Gasteiger partial charge is 0.306 e. The quantitative estimate of drug-likeness (QED) is 0.175. The fraction of sp³-hybridized carbons (Fsp3) is 0.750. The lowest BCUT2D eigenvalue weighted by Gasteiger charge is -2.15. The second-order valence-corrected chi connectivity index (χ2v) is 8.32. The van der Waals surface area contributed by atoms with Crippen molar-refractivity contribution in [2.75, 3.05) is 13.2 Å². The molecule has 166 valence electrons. The summed E-state index contributed by atoms with van der Waals surface area (Å²) in [4.78, 5) is 22.6. The van der Waals surface area contributed by atoms with Crippen LogP contribution in [0.4, 0.5) is 0 Å². The number of carbonyl (C=O) groups excluding carboxylic acids is 1. The number of aliphatic carboxylic acids is 1. The molecule has 1 aliphatic carbocycles. The Morgan fingerprint density at radius 2 is 1.90 bits per heavy atom. The monoisotopic (exact) mass is 407 g/mol. The number of nitrogens with two attached hydrogens (primary N) is 1. The number of unbranched alkanes of at least 4 members (excludes halogenated alkanes) is 5. The fourth-order valence-corrected chi connectivity index (χ4v) is 4.17. The van der Waals surface area contributed by atoms with E-state index in [9.17, 15) is 9.59 Å². The maximum Gasteiger partial charge on any atom is 0.306 e. The molecule has 0 aromatic heterocycles. The summed E-state index contributed by atoms with van der Waals surface area (Å²) < 4.78 is 0. The highest BCUT2D eigenvalue weighted by Crippen LogP contribution is 2.33. The van der Waals surface area contributed by atoms with E-state index in [1.807, 2.05) is 6.08 Å². The van der Waals surface area contributed by atoms with Gasteiger partial charge in [-0.25, -0.2) is 0 Å². The van der Waals surface area contributed by atoms with Crippen molar-refractivity contribution in [1.82, 2.24) is 0 Å². The second kappa shape index (κ2) is 16.3. The zero-order valence-corrected chi connectivity index (χ0v) is 17.9. The van der Waals surface area contributed by atoms with Crippen LogP contribution in [-0.4, -0.2) is 35.6 Å². The lowest BCUT2D eigenvalue weighted by atomic mass is 9.88. The topological polar surface area (TPSA) is 101 Å². The van der Waals surface area contributed by atoms with Crippen LogP contribution >= 0.6 is 0 Å². The van der Waals surface area contributed by atoms with E-state index in [-0.39, 0.29) is 18.4 Å². The third-order valence-corrected chi connectivity index (χ3v) is 5.99. The molecule has 5 nitrogen and oxygen atoms in total. The molecule has 0 aliphatic heterocycles. The van der Waals surface area contributed by atoms with Gasteiger partial charge < -0.3 is 20.7 Å². The number of aliphatic hydroxyl groups excluding tert-OH is 1. The molecule has 0 heterocycles. The molecule has 1 aliphatic rings. The molecular weight excluding hydrogens is 366 g/mol. The number of aliphatic hydroxyl groups is 1. The van der Waals surface area contributed by atoms with Gasteiger partial charge in [0.05, 0.1) is 5.92 Å². The molecule has 0 aromatic rings. The maximum atomic E-state index is 11.5. The highest BCUT2D eigenvalue weighted by molar-refractivity contribution is 5.70. The average Bonchev–Trinajstić information content (AvgIpc) is 3.17. The van der Waals surface area contributed by atoms with Crippen molar-refractivity contribution in [2.24, 2.45) is 23.5 Å². The minimum atomic E-state index is -0.777. The van der Waals surface area contributed by atoms with Crippen LogP contribution in [-0.2, 0) is 9.59 Å². The van der Waals surface area contributed by atoms with Gasteiger partial charge in [0, 0.05) is 12.5 Å². The van der Waals surface area contributed by atoms with Gasteiger partial charge in [-0.15, -0.1) is 0 Å². The lowest BCUT2D eigenvalue weighted by molar-refractivity contribution is -0.141. The van der Waals surface area contributed by atoms with Crippen LogP contribution in [0.15, 0.2) is 23.8 Å². The lowest BCUT2D eigenvalue weighted by Crippen LogP contribution is -2.13. The van der Waals surface area contributed by atoms with Crippen LogP contribution < -0.4 is 5.73 Å². The van der Waals surface area contributed by atoms with E-state index in [0.717, 1.165) is 51.2 Å². The molecule has 0 saturated heterocycles. The van der Waals surface area contributed by atoms with Crippen LogP contribution in [0.3, 0.4) is 0 Å². The summed E-state index contributed by atoms with van der Waals surface area (Å²) in [5, 5.41) is 18.0. The first kappa shape index (κ1) is 25.6. The minimum Gasteiger partial charge on any atom is -0.481 e. The first-order valence-corrected chi connectivity index (χ1v) is 11.5. The van der Waals surface area contributed by atoms with Crippen molar-refractivity contribution in [3.05, 3.63) is 23.8 Å². The molecule has 0 saturated carbocycles. The Hall–Kier alpha value is -1.46. The molecule has 0 aromatic carbocycles. The van der Waals surface area contributed by atoms with Gasteiger partial charge in [0.2, 0.25) is 0 Å². The van der Waals surface area contributed by atoms with E-state index >= 15 is 0 Å². The number of carboxylic acid groups (broad SMARTS) is 1. The first-order chi connectivity index (χ1) is 14.1. The van der Waals surface area contributed by atoms with Crippen LogP contribution in [0.2, 0.25) is 0 Å². The van der Waals surface area contributed by atoms with Gasteiger partial charge in [-0.1, -0.05) is 49.5 Å². The molecule has 4 N–H and O–H groups in total. The number of hydrogen-bond acceptors (Lipinski definition) is 4. The molecule has 3 unspecified atom stereocenters. The molecule has 0 spiro atoms. The van der Waals surface area contributed by atoms with Crippen molar-refractivity contribution >= 4 is 12.3 Å². The summed E-state index contributed by atoms with van der Waals surface area (Å²) in [6.07, 6.45) is 20.1. The normalized spacial score (nSPS) is 18.7. The van der Waals surface area contributed by atoms with E-state index in [2.05, 4.69) is 12.2 Å². The Morgan fingerprint density at radius 1 is 1.14 bits per heavy atom. The van der Waals surface area contributed by atoms with Gasteiger partial charge >= 0.3 is 5.97 Å². The molecule has 0 amide bonds. The van der Waals surface area contributed by atoms with Gasteiger partial charge in [0.15, 0.2) is 0 Å². The number of aldehydes is 1. The largest absolute Gasteiger partial charge is 0.481 e. The second-order valence-electron chi connectivity index (χ2n) is 8.32. The highest BCUT2D eigenvalue weighted by Gasteiger charge is 2.23. The molecule has 29 heavy (non-hydrogen) atoms. The number of rotatable bonds is 18. The van der Waals surface area contributed by atoms with Gasteiger partial charge in [-0.05, 0) is 70.3 Å².